The molecular weight excluding hydrogens is 358 g/mol. The van der Waals surface area contributed by atoms with Gasteiger partial charge >= 0.3 is 0 Å². The predicted octanol–water partition coefficient (Wildman–Crippen LogP) is 0.677. The first-order valence-electron chi connectivity index (χ1n) is 6.67. The van der Waals surface area contributed by atoms with Gasteiger partial charge in [0.05, 0.1) is 4.90 Å². The van der Waals surface area contributed by atoms with E-state index >= 15 is 0 Å². The molecule has 0 aliphatic carbocycles. The molecule has 6 nitrogen and oxygen atoms in total. The van der Waals surface area contributed by atoms with Crippen LogP contribution in [0.2, 0.25) is 0 Å². The molecule has 1 aliphatic rings. The van der Waals surface area contributed by atoms with E-state index in [1.165, 1.54) is 12.1 Å². The van der Waals surface area contributed by atoms with E-state index in [9.17, 15) is 13.2 Å². The molecule has 1 heterocycles. The van der Waals surface area contributed by atoms with Crippen molar-refractivity contribution in [3.63, 3.8) is 0 Å². The van der Waals surface area contributed by atoms with Crippen LogP contribution in [0.4, 0.5) is 0 Å². The highest BCUT2D eigenvalue weighted by Crippen LogP contribution is 2.16. The molecule has 116 valence electrons. The van der Waals surface area contributed by atoms with Gasteiger partial charge in [-0.15, -0.1) is 0 Å². The van der Waals surface area contributed by atoms with E-state index in [2.05, 4.69) is 20.7 Å². The average molecular weight is 376 g/mol. The highest BCUT2D eigenvalue weighted by molar-refractivity contribution is 9.10. The first kappa shape index (κ1) is 16.4. The Hall–Kier alpha value is -0.960. The molecule has 2 rings (SSSR count). The summed E-state index contributed by atoms with van der Waals surface area (Å²) in [7, 11) is -3.59. The summed E-state index contributed by atoms with van der Waals surface area (Å²) in [4.78, 5) is 13.7. The molecule has 0 unspecified atom stereocenters. The minimum atomic E-state index is -3.59. The van der Waals surface area contributed by atoms with Gasteiger partial charge in [-0.3, -0.25) is 4.79 Å². The standard InChI is InChI=1S/C13H18BrN3O3S/c14-10-2-1-3-12(8-10)21(19,20)16-6-4-13(18)17-7-5-11(15)9-17/h1-3,8,11,16H,4-7,9,15H2/t11-/m1/s1. The summed E-state index contributed by atoms with van der Waals surface area (Å²) >= 11 is 3.23. The van der Waals surface area contributed by atoms with Crippen LogP contribution in [0.3, 0.4) is 0 Å². The molecule has 3 N–H and O–H groups in total. The maximum atomic E-state index is 12.1. The summed E-state index contributed by atoms with van der Waals surface area (Å²) < 4.78 is 27.3. The fraction of sp³-hybridized carbons (Fsp3) is 0.462. The van der Waals surface area contributed by atoms with Gasteiger partial charge in [-0.1, -0.05) is 22.0 Å². The Bertz CT molecular complexity index is 621. The van der Waals surface area contributed by atoms with Crippen molar-refractivity contribution in [3.05, 3.63) is 28.7 Å². The second kappa shape index (κ2) is 6.87. The van der Waals surface area contributed by atoms with Crippen molar-refractivity contribution in [3.8, 4) is 0 Å². The molecule has 1 fully saturated rings. The van der Waals surface area contributed by atoms with Crippen LogP contribution >= 0.6 is 15.9 Å². The second-order valence-corrected chi connectivity index (χ2v) is 7.68. The number of halogens is 1. The van der Waals surface area contributed by atoms with Gasteiger partial charge in [0.1, 0.15) is 0 Å². The molecule has 0 saturated carbocycles. The van der Waals surface area contributed by atoms with E-state index in [1.807, 2.05) is 0 Å². The van der Waals surface area contributed by atoms with Crippen LogP contribution in [0.25, 0.3) is 0 Å². The van der Waals surface area contributed by atoms with Crippen LogP contribution in [0.5, 0.6) is 0 Å². The fourth-order valence-corrected chi connectivity index (χ4v) is 3.81. The normalized spacial score (nSPS) is 19.0. The third-order valence-electron chi connectivity index (χ3n) is 3.31. The van der Waals surface area contributed by atoms with Crippen molar-refractivity contribution < 1.29 is 13.2 Å². The topological polar surface area (TPSA) is 92.5 Å². The van der Waals surface area contributed by atoms with E-state index in [1.54, 1.807) is 17.0 Å². The van der Waals surface area contributed by atoms with Gasteiger partial charge < -0.3 is 10.6 Å². The summed E-state index contributed by atoms with van der Waals surface area (Å²) in [5.41, 5.74) is 5.74. The van der Waals surface area contributed by atoms with Gasteiger partial charge in [-0.25, -0.2) is 13.1 Å². The Morgan fingerprint density at radius 1 is 1.48 bits per heavy atom. The molecule has 1 aromatic carbocycles. The smallest absolute Gasteiger partial charge is 0.240 e. The number of nitrogens with zero attached hydrogens (tertiary/aromatic N) is 1. The number of hydrogen-bond donors (Lipinski definition) is 2. The van der Waals surface area contributed by atoms with Crippen LogP contribution in [0, 0.1) is 0 Å². The van der Waals surface area contributed by atoms with Crippen LogP contribution in [-0.2, 0) is 14.8 Å². The number of carbonyl (C=O) groups excluding carboxylic acids is 1. The Morgan fingerprint density at radius 2 is 2.24 bits per heavy atom. The number of nitrogens with two attached hydrogens (primary N) is 1. The first-order valence-corrected chi connectivity index (χ1v) is 8.95. The van der Waals surface area contributed by atoms with Gasteiger partial charge in [-0.05, 0) is 24.6 Å². The molecule has 1 aliphatic heterocycles. The number of likely N-dealkylation sites (tertiary alicyclic amines) is 1. The summed E-state index contributed by atoms with van der Waals surface area (Å²) in [5.74, 6) is -0.0695. The molecule has 0 bridgehead atoms. The Morgan fingerprint density at radius 3 is 2.86 bits per heavy atom. The second-order valence-electron chi connectivity index (χ2n) is 4.99. The zero-order valence-electron chi connectivity index (χ0n) is 11.5. The molecule has 0 spiro atoms. The lowest BCUT2D eigenvalue weighted by Crippen LogP contribution is -2.34. The van der Waals surface area contributed by atoms with E-state index in [0.717, 1.165) is 6.42 Å². The SMILES string of the molecule is N[C@@H]1CCN(C(=O)CCNS(=O)(=O)c2cccc(Br)c2)C1. The van der Waals surface area contributed by atoms with Crippen molar-refractivity contribution in [2.75, 3.05) is 19.6 Å². The van der Waals surface area contributed by atoms with Crippen molar-refractivity contribution in [1.29, 1.82) is 0 Å². The van der Waals surface area contributed by atoms with E-state index < -0.39 is 10.0 Å². The predicted molar refractivity (Wildman–Crippen MR) is 83.1 cm³/mol. The number of sulfonamides is 1. The molecule has 1 saturated heterocycles. The lowest BCUT2D eigenvalue weighted by molar-refractivity contribution is -0.129. The Balaban J connectivity index is 1.86. The van der Waals surface area contributed by atoms with Gasteiger partial charge in [0.25, 0.3) is 0 Å². The monoisotopic (exact) mass is 375 g/mol. The van der Waals surface area contributed by atoms with Crippen LogP contribution in [-0.4, -0.2) is 44.9 Å². The lowest BCUT2D eigenvalue weighted by atomic mass is 10.3. The van der Waals surface area contributed by atoms with Crippen molar-refractivity contribution in [2.45, 2.75) is 23.8 Å². The first-order chi connectivity index (χ1) is 9.88. The number of benzene rings is 1. The zero-order chi connectivity index (χ0) is 15.5. The summed E-state index contributed by atoms with van der Waals surface area (Å²) in [6, 6.07) is 6.46. The highest BCUT2D eigenvalue weighted by Gasteiger charge is 2.23. The third kappa shape index (κ3) is 4.50. The average Bonchev–Trinajstić information content (AvgIpc) is 2.85. The quantitative estimate of drug-likeness (QED) is 0.791. The van der Waals surface area contributed by atoms with Crippen molar-refractivity contribution >= 4 is 31.9 Å². The van der Waals surface area contributed by atoms with E-state index in [0.29, 0.717) is 17.6 Å². The molecule has 1 atom stereocenters. The Labute approximate surface area is 132 Å². The van der Waals surface area contributed by atoms with Crippen molar-refractivity contribution in [1.82, 2.24) is 9.62 Å². The maximum Gasteiger partial charge on any atom is 0.240 e. The van der Waals surface area contributed by atoms with Crippen LogP contribution in [0.1, 0.15) is 12.8 Å². The summed E-state index contributed by atoms with van der Waals surface area (Å²) in [5, 5.41) is 0. The number of hydrogen-bond acceptors (Lipinski definition) is 4. The summed E-state index contributed by atoms with van der Waals surface area (Å²) in [6.07, 6.45) is 0.940. The number of rotatable bonds is 5. The molecule has 1 aromatic rings. The maximum absolute atomic E-state index is 12.1. The van der Waals surface area contributed by atoms with Gasteiger partial charge in [0.2, 0.25) is 15.9 Å². The largest absolute Gasteiger partial charge is 0.341 e. The summed E-state index contributed by atoms with van der Waals surface area (Å²) in [6.45, 7) is 1.29. The third-order valence-corrected chi connectivity index (χ3v) is 5.27. The van der Waals surface area contributed by atoms with E-state index in [4.69, 9.17) is 5.73 Å². The lowest BCUT2D eigenvalue weighted by Gasteiger charge is -2.15. The molecule has 0 radical (unpaired) electrons. The molecule has 0 aromatic heterocycles. The van der Waals surface area contributed by atoms with Gasteiger partial charge in [-0.2, -0.15) is 0 Å². The molecular formula is C13H18BrN3O3S. The molecule has 8 heteroatoms. The molecule has 1 amide bonds. The van der Waals surface area contributed by atoms with Gasteiger partial charge in [0, 0.05) is 36.6 Å². The number of carbonyl (C=O) groups is 1. The van der Waals surface area contributed by atoms with Crippen LogP contribution < -0.4 is 10.5 Å². The number of amides is 1. The van der Waals surface area contributed by atoms with Crippen molar-refractivity contribution in [2.24, 2.45) is 5.73 Å². The minimum Gasteiger partial charge on any atom is -0.341 e. The zero-order valence-corrected chi connectivity index (χ0v) is 13.9. The minimum absolute atomic E-state index is 0.0345. The van der Waals surface area contributed by atoms with E-state index in [-0.39, 0.29) is 29.8 Å². The fourth-order valence-electron chi connectivity index (χ4n) is 2.18. The number of nitrogens with one attached hydrogen (secondary N) is 1. The molecule has 21 heavy (non-hydrogen) atoms. The Kier molecular flexibility index (Phi) is 5.37. The highest BCUT2D eigenvalue weighted by atomic mass is 79.9. The van der Waals surface area contributed by atoms with Gasteiger partial charge in [0.15, 0.2) is 0 Å². The van der Waals surface area contributed by atoms with Crippen LogP contribution in [0.15, 0.2) is 33.6 Å².